The van der Waals surface area contributed by atoms with Crippen LogP contribution in [0.25, 0.3) is 0 Å². The van der Waals surface area contributed by atoms with Crippen LogP contribution in [0, 0.1) is 0 Å². The molecule has 0 saturated heterocycles. The maximum absolute atomic E-state index is 12.8. The first kappa shape index (κ1) is 13.7. The Bertz CT molecular complexity index is 679. The molecule has 21 heavy (non-hydrogen) atoms. The van der Waals surface area contributed by atoms with Crippen molar-refractivity contribution in [1.82, 2.24) is 0 Å². The number of nitrogen functional groups attached to an aromatic ring is 1. The molecule has 1 aliphatic carbocycles. The Morgan fingerprint density at radius 1 is 1.14 bits per heavy atom. The van der Waals surface area contributed by atoms with Crippen molar-refractivity contribution in [2.45, 2.75) is 26.2 Å². The molecule has 2 aromatic rings. The fourth-order valence-corrected chi connectivity index (χ4v) is 3.00. The number of hydrogen-bond acceptors (Lipinski definition) is 2. The number of nitrogens with zero attached hydrogens (tertiary/aromatic N) is 1. The van der Waals surface area contributed by atoms with Crippen molar-refractivity contribution in [2.75, 3.05) is 17.2 Å². The lowest BCUT2D eigenvalue weighted by atomic mass is 10.1. The lowest BCUT2D eigenvalue weighted by Gasteiger charge is -2.22. The maximum atomic E-state index is 12.8. The normalized spacial score (nSPS) is 13.0. The van der Waals surface area contributed by atoms with E-state index in [1.54, 1.807) is 4.90 Å². The van der Waals surface area contributed by atoms with Crippen molar-refractivity contribution in [3.63, 3.8) is 0 Å². The van der Waals surface area contributed by atoms with Crippen LogP contribution in [0.3, 0.4) is 0 Å². The molecule has 0 heterocycles. The highest BCUT2D eigenvalue weighted by Crippen LogP contribution is 2.25. The fourth-order valence-electron chi connectivity index (χ4n) is 3.00. The molecule has 1 amide bonds. The molecule has 2 aromatic carbocycles. The summed E-state index contributed by atoms with van der Waals surface area (Å²) in [6.07, 6.45) is 3.41. The number of fused-ring (bicyclic) bond motifs is 1. The van der Waals surface area contributed by atoms with Crippen LogP contribution in [0.5, 0.6) is 0 Å². The number of benzene rings is 2. The molecule has 0 radical (unpaired) electrons. The number of anilines is 2. The van der Waals surface area contributed by atoms with Gasteiger partial charge in [-0.3, -0.25) is 4.79 Å². The molecule has 0 aliphatic heterocycles. The van der Waals surface area contributed by atoms with Crippen LogP contribution in [0.2, 0.25) is 0 Å². The number of nitrogens with two attached hydrogens (primary N) is 1. The largest absolute Gasteiger partial charge is 0.399 e. The molecule has 0 spiro atoms. The Labute approximate surface area is 125 Å². The highest BCUT2D eigenvalue weighted by atomic mass is 16.2. The van der Waals surface area contributed by atoms with E-state index in [0.29, 0.717) is 12.2 Å². The zero-order chi connectivity index (χ0) is 14.8. The molecule has 1 aliphatic rings. The van der Waals surface area contributed by atoms with E-state index in [9.17, 15) is 4.79 Å². The molecule has 0 atom stereocenters. The molecule has 3 rings (SSSR count). The number of amides is 1. The summed E-state index contributed by atoms with van der Waals surface area (Å²) >= 11 is 0. The molecular formula is C18H20N2O. The average Bonchev–Trinajstić information content (AvgIpc) is 2.95. The van der Waals surface area contributed by atoms with Gasteiger partial charge in [-0.2, -0.15) is 0 Å². The lowest BCUT2D eigenvalue weighted by Crippen LogP contribution is -2.30. The summed E-state index contributed by atoms with van der Waals surface area (Å²) in [4.78, 5) is 14.5. The highest BCUT2D eigenvalue weighted by Gasteiger charge is 2.19. The summed E-state index contributed by atoms with van der Waals surface area (Å²) in [5.41, 5.74) is 10.8. The van der Waals surface area contributed by atoms with Crippen LogP contribution < -0.4 is 10.6 Å². The molecule has 0 bridgehead atoms. The van der Waals surface area contributed by atoms with E-state index in [1.807, 2.05) is 37.3 Å². The molecule has 0 unspecified atom stereocenters. The smallest absolute Gasteiger partial charge is 0.258 e. The number of carbonyl (C=O) groups is 1. The van der Waals surface area contributed by atoms with E-state index in [4.69, 9.17) is 5.73 Å². The van der Waals surface area contributed by atoms with E-state index < -0.39 is 0 Å². The van der Waals surface area contributed by atoms with Gasteiger partial charge in [-0.1, -0.05) is 12.1 Å². The van der Waals surface area contributed by atoms with E-state index in [0.717, 1.165) is 24.1 Å². The number of carbonyl (C=O) groups excluding carboxylic acids is 1. The van der Waals surface area contributed by atoms with Crippen molar-refractivity contribution in [1.29, 1.82) is 0 Å². The quantitative estimate of drug-likeness (QED) is 0.876. The predicted octanol–water partition coefficient (Wildman–Crippen LogP) is 3.42. The SMILES string of the molecule is CCN(C(=O)c1ccc2c(c1)CCC2)c1cccc(N)c1. The fraction of sp³-hybridized carbons (Fsp3) is 0.278. The van der Waals surface area contributed by atoms with E-state index in [2.05, 4.69) is 12.1 Å². The molecular weight excluding hydrogens is 260 g/mol. The zero-order valence-corrected chi connectivity index (χ0v) is 12.3. The highest BCUT2D eigenvalue weighted by molar-refractivity contribution is 6.06. The minimum Gasteiger partial charge on any atom is -0.399 e. The van der Waals surface area contributed by atoms with Crippen molar-refractivity contribution in [2.24, 2.45) is 0 Å². The molecule has 2 N–H and O–H groups in total. The summed E-state index contributed by atoms with van der Waals surface area (Å²) in [5.74, 6) is 0.0396. The van der Waals surface area contributed by atoms with Gasteiger partial charge in [0.05, 0.1) is 0 Å². The maximum Gasteiger partial charge on any atom is 0.258 e. The number of hydrogen-bond donors (Lipinski definition) is 1. The lowest BCUT2D eigenvalue weighted by molar-refractivity contribution is 0.0988. The van der Waals surface area contributed by atoms with Crippen molar-refractivity contribution >= 4 is 17.3 Å². The monoisotopic (exact) mass is 280 g/mol. The van der Waals surface area contributed by atoms with Crippen molar-refractivity contribution in [3.8, 4) is 0 Å². The van der Waals surface area contributed by atoms with Gasteiger partial charge in [-0.15, -0.1) is 0 Å². The van der Waals surface area contributed by atoms with Crippen LogP contribution in [0.1, 0.15) is 34.8 Å². The summed E-state index contributed by atoms with van der Waals surface area (Å²) < 4.78 is 0. The first-order valence-electron chi connectivity index (χ1n) is 7.48. The van der Waals surface area contributed by atoms with Gasteiger partial charge in [-0.25, -0.2) is 0 Å². The van der Waals surface area contributed by atoms with Gasteiger partial charge in [-0.05, 0) is 67.6 Å². The van der Waals surface area contributed by atoms with Gasteiger partial charge >= 0.3 is 0 Å². The second kappa shape index (κ2) is 5.60. The molecule has 0 fully saturated rings. The molecule has 3 heteroatoms. The van der Waals surface area contributed by atoms with Crippen LogP contribution in [0.4, 0.5) is 11.4 Å². The van der Waals surface area contributed by atoms with Gasteiger partial charge in [0.25, 0.3) is 5.91 Å². The number of aryl methyl sites for hydroxylation is 2. The van der Waals surface area contributed by atoms with Gasteiger partial charge in [0.1, 0.15) is 0 Å². The van der Waals surface area contributed by atoms with Gasteiger partial charge in [0, 0.05) is 23.5 Å². The topological polar surface area (TPSA) is 46.3 Å². The Balaban J connectivity index is 1.92. The summed E-state index contributed by atoms with van der Waals surface area (Å²) in [7, 11) is 0. The second-order valence-electron chi connectivity index (χ2n) is 5.48. The van der Waals surface area contributed by atoms with Crippen LogP contribution in [-0.4, -0.2) is 12.5 Å². The first-order valence-corrected chi connectivity index (χ1v) is 7.48. The van der Waals surface area contributed by atoms with Crippen LogP contribution in [0.15, 0.2) is 42.5 Å². The van der Waals surface area contributed by atoms with Crippen LogP contribution >= 0.6 is 0 Å². The third kappa shape index (κ3) is 2.64. The number of rotatable bonds is 3. The molecule has 108 valence electrons. The van der Waals surface area contributed by atoms with Gasteiger partial charge < -0.3 is 10.6 Å². The Morgan fingerprint density at radius 2 is 1.95 bits per heavy atom. The second-order valence-corrected chi connectivity index (χ2v) is 5.48. The third-order valence-corrected chi connectivity index (χ3v) is 4.09. The van der Waals surface area contributed by atoms with Crippen molar-refractivity contribution < 1.29 is 4.79 Å². The summed E-state index contributed by atoms with van der Waals surface area (Å²) in [6.45, 7) is 2.60. The van der Waals surface area contributed by atoms with E-state index in [1.165, 1.54) is 17.5 Å². The average molecular weight is 280 g/mol. The summed E-state index contributed by atoms with van der Waals surface area (Å²) in [5, 5.41) is 0. The Morgan fingerprint density at radius 3 is 2.71 bits per heavy atom. The Hall–Kier alpha value is -2.29. The third-order valence-electron chi connectivity index (χ3n) is 4.09. The first-order chi connectivity index (χ1) is 10.2. The standard InChI is InChI=1S/C18H20N2O/c1-2-20(17-8-4-7-16(19)12-17)18(21)15-10-9-13-5-3-6-14(13)11-15/h4,7-12H,2-3,5-6,19H2,1H3. The Kier molecular flexibility index (Phi) is 3.65. The van der Waals surface area contributed by atoms with Crippen molar-refractivity contribution in [3.05, 3.63) is 59.2 Å². The van der Waals surface area contributed by atoms with Gasteiger partial charge in [0.15, 0.2) is 0 Å². The predicted molar refractivity (Wildman–Crippen MR) is 86.7 cm³/mol. The summed E-state index contributed by atoms with van der Waals surface area (Å²) in [6, 6.07) is 13.6. The van der Waals surface area contributed by atoms with Crippen LogP contribution in [-0.2, 0) is 12.8 Å². The molecule has 3 nitrogen and oxygen atoms in total. The molecule has 0 saturated carbocycles. The minimum atomic E-state index is 0.0396. The van der Waals surface area contributed by atoms with E-state index in [-0.39, 0.29) is 5.91 Å². The van der Waals surface area contributed by atoms with E-state index >= 15 is 0 Å². The van der Waals surface area contributed by atoms with Gasteiger partial charge in [0.2, 0.25) is 0 Å². The zero-order valence-electron chi connectivity index (χ0n) is 12.3. The minimum absolute atomic E-state index is 0.0396. The molecule has 0 aromatic heterocycles.